The van der Waals surface area contributed by atoms with Gasteiger partial charge < -0.3 is 14.6 Å². The smallest absolute Gasteiger partial charge is 0.338 e. The number of benzene rings is 3. The van der Waals surface area contributed by atoms with Crippen LogP contribution in [0.4, 0.5) is 5.69 Å². The van der Waals surface area contributed by atoms with Gasteiger partial charge in [0.15, 0.2) is 5.75 Å². The molecule has 1 aliphatic rings. The van der Waals surface area contributed by atoms with E-state index in [-0.39, 0.29) is 38.6 Å². The Hall–Kier alpha value is -3.81. The van der Waals surface area contributed by atoms with Crippen LogP contribution in [0.15, 0.2) is 72.3 Å². The molecule has 0 aliphatic carbocycles. The van der Waals surface area contributed by atoms with Crippen molar-refractivity contribution < 1.29 is 29.0 Å². The number of ketones is 1. The quantitative estimate of drug-likeness (QED) is 0.173. The van der Waals surface area contributed by atoms with Crippen LogP contribution in [0, 0.1) is 0 Å². The summed E-state index contributed by atoms with van der Waals surface area (Å²) in [5.74, 6) is -2.56. The van der Waals surface area contributed by atoms with E-state index < -0.39 is 29.5 Å². The normalized spacial score (nSPS) is 16.8. The maximum Gasteiger partial charge on any atom is 0.338 e. The largest absolute Gasteiger partial charge is 0.507 e. The lowest BCUT2D eigenvalue weighted by Crippen LogP contribution is -2.29. The van der Waals surface area contributed by atoms with E-state index in [0.717, 1.165) is 0 Å². The Morgan fingerprint density at radius 3 is 2.19 bits per heavy atom. The van der Waals surface area contributed by atoms with Crippen molar-refractivity contribution >= 4 is 52.3 Å². The molecule has 1 atom stereocenters. The number of aliphatic hydroxyl groups is 1. The van der Waals surface area contributed by atoms with Crippen molar-refractivity contribution in [2.75, 3.05) is 12.0 Å². The first-order valence-corrected chi connectivity index (χ1v) is 12.1. The molecule has 0 spiro atoms. The highest BCUT2D eigenvalue weighted by Gasteiger charge is 2.47. The van der Waals surface area contributed by atoms with Gasteiger partial charge in [-0.1, -0.05) is 59.6 Å². The number of hydrogen-bond acceptors (Lipinski definition) is 6. The van der Waals surface area contributed by atoms with Crippen molar-refractivity contribution in [3.8, 4) is 5.75 Å². The number of esters is 1. The zero-order chi connectivity index (χ0) is 26.9. The van der Waals surface area contributed by atoms with Crippen molar-refractivity contribution in [3.05, 3.63) is 99.0 Å². The summed E-state index contributed by atoms with van der Waals surface area (Å²) in [7, 11) is 1.40. The van der Waals surface area contributed by atoms with E-state index in [2.05, 4.69) is 0 Å². The maximum atomic E-state index is 13.4. The second-order valence-corrected chi connectivity index (χ2v) is 9.37. The first-order valence-electron chi connectivity index (χ1n) is 11.3. The van der Waals surface area contributed by atoms with Gasteiger partial charge in [-0.05, 0) is 49.7 Å². The van der Waals surface area contributed by atoms with Gasteiger partial charge >= 0.3 is 5.97 Å². The van der Waals surface area contributed by atoms with E-state index in [9.17, 15) is 19.5 Å². The minimum atomic E-state index is -0.989. The molecule has 0 radical (unpaired) electrons. The lowest BCUT2D eigenvalue weighted by Gasteiger charge is -2.26. The molecule has 3 aromatic rings. The number of carbonyl (C=O) groups excluding carboxylic acids is 3. The Balaban J connectivity index is 1.90. The molecule has 4 rings (SSSR count). The number of hydrogen-bond donors (Lipinski definition) is 1. The summed E-state index contributed by atoms with van der Waals surface area (Å²) in [6.07, 6.45) is -0.335. The zero-order valence-corrected chi connectivity index (χ0v) is 21.7. The molecule has 190 valence electrons. The van der Waals surface area contributed by atoms with E-state index >= 15 is 0 Å². The van der Waals surface area contributed by atoms with Crippen molar-refractivity contribution in [2.45, 2.75) is 26.0 Å². The number of rotatable bonds is 6. The van der Waals surface area contributed by atoms with Gasteiger partial charge in [-0.3, -0.25) is 14.5 Å². The van der Waals surface area contributed by atoms with E-state index in [1.165, 1.54) is 30.2 Å². The summed E-state index contributed by atoms with van der Waals surface area (Å²) in [6.45, 7) is 3.46. The monoisotopic (exact) mass is 539 g/mol. The number of nitrogens with zero attached hydrogens (tertiary/aromatic N) is 1. The molecule has 1 saturated heterocycles. The predicted octanol–water partition coefficient (Wildman–Crippen LogP) is 6.19. The van der Waals surface area contributed by atoms with E-state index in [1.54, 1.807) is 62.4 Å². The molecule has 1 N–H and O–H groups in total. The zero-order valence-electron chi connectivity index (χ0n) is 20.2. The van der Waals surface area contributed by atoms with Crippen LogP contribution in [-0.4, -0.2) is 36.0 Å². The number of amides is 1. The number of halogens is 2. The molecule has 0 aromatic heterocycles. The summed E-state index contributed by atoms with van der Waals surface area (Å²) < 4.78 is 10.4. The third-order valence-electron chi connectivity index (χ3n) is 5.74. The van der Waals surface area contributed by atoms with Gasteiger partial charge in [0, 0.05) is 11.3 Å². The van der Waals surface area contributed by atoms with Gasteiger partial charge in [0.2, 0.25) is 0 Å². The van der Waals surface area contributed by atoms with Crippen molar-refractivity contribution in [3.63, 3.8) is 0 Å². The molecule has 1 aliphatic heterocycles. The fraction of sp³-hybridized carbons (Fsp3) is 0.179. The van der Waals surface area contributed by atoms with Crippen LogP contribution >= 0.6 is 23.2 Å². The third kappa shape index (κ3) is 5.05. The van der Waals surface area contributed by atoms with Crippen LogP contribution in [0.2, 0.25) is 10.0 Å². The molecular weight excluding hydrogens is 517 g/mol. The molecule has 37 heavy (non-hydrogen) atoms. The summed E-state index contributed by atoms with van der Waals surface area (Å²) in [5.41, 5.74) is 1.07. The fourth-order valence-corrected chi connectivity index (χ4v) is 4.80. The highest BCUT2D eigenvalue weighted by molar-refractivity contribution is 6.51. The topological polar surface area (TPSA) is 93.1 Å². The first-order chi connectivity index (χ1) is 17.6. The van der Waals surface area contributed by atoms with Crippen LogP contribution in [0.1, 0.15) is 41.4 Å². The number of carbonyl (C=O) groups is 3. The third-order valence-corrected chi connectivity index (χ3v) is 6.30. The lowest BCUT2D eigenvalue weighted by atomic mass is 9.95. The van der Waals surface area contributed by atoms with Crippen LogP contribution < -0.4 is 9.64 Å². The average Bonchev–Trinajstić information content (AvgIpc) is 3.14. The van der Waals surface area contributed by atoms with Gasteiger partial charge in [0.05, 0.1) is 40.4 Å². The number of Topliss-reactive ketones (excluding diaryl/α,β-unsaturated/α-hetero) is 1. The van der Waals surface area contributed by atoms with Crippen molar-refractivity contribution in [2.24, 2.45) is 0 Å². The van der Waals surface area contributed by atoms with Crippen LogP contribution in [0.25, 0.3) is 5.76 Å². The summed E-state index contributed by atoms with van der Waals surface area (Å²) >= 11 is 12.5. The van der Waals surface area contributed by atoms with Crippen LogP contribution in [0.3, 0.4) is 0 Å². The summed E-state index contributed by atoms with van der Waals surface area (Å²) in [5, 5.41) is 11.6. The Morgan fingerprint density at radius 1 is 0.946 bits per heavy atom. The predicted molar refractivity (Wildman–Crippen MR) is 141 cm³/mol. The van der Waals surface area contributed by atoms with E-state index in [0.29, 0.717) is 11.3 Å². The molecule has 1 heterocycles. The standard InChI is InChI=1S/C28H23Cl2NO6/c1-15(2)37-28(35)17-10-7-11-19(12-17)31-23(16-8-5-4-6-9-16)22(25(33)27(31)34)24(32)18-13-20(29)26(36-3)21(30)14-18/h4-15,23,32H,1-3H3/b24-22+. The maximum absolute atomic E-state index is 13.4. The lowest BCUT2D eigenvalue weighted by molar-refractivity contribution is -0.132. The van der Waals surface area contributed by atoms with E-state index in [4.69, 9.17) is 32.7 Å². The van der Waals surface area contributed by atoms with E-state index in [1.807, 2.05) is 0 Å². The Bertz CT molecular complexity index is 1390. The molecule has 1 unspecified atom stereocenters. The minimum absolute atomic E-state index is 0.124. The summed E-state index contributed by atoms with van der Waals surface area (Å²) in [6, 6.07) is 16.8. The fourth-order valence-electron chi connectivity index (χ4n) is 4.16. The van der Waals surface area contributed by atoms with Crippen LogP contribution in [-0.2, 0) is 14.3 Å². The van der Waals surface area contributed by atoms with Gasteiger partial charge in [-0.2, -0.15) is 0 Å². The first kappa shape index (κ1) is 26.3. The van der Waals surface area contributed by atoms with Crippen molar-refractivity contribution in [1.82, 2.24) is 0 Å². The second kappa shape index (κ2) is 10.7. The van der Waals surface area contributed by atoms with Gasteiger partial charge in [0.25, 0.3) is 11.7 Å². The molecule has 1 fully saturated rings. The van der Waals surface area contributed by atoms with Gasteiger partial charge in [0.1, 0.15) is 5.76 Å². The van der Waals surface area contributed by atoms with Crippen molar-refractivity contribution in [1.29, 1.82) is 0 Å². The summed E-state index contributed by atoms with van der Waals surface area (Å²) in [4.78, 5) is 40.5. The highest BCUT2D eigenvalue weighted by atomic mass is 35.5. The number of aliphatic hydroxyl groups excluding tert-OH is 1. The average molecular weight is 540 g/mol. The Labute approximate surface area is 223 Å². The Morgan fingerprint density at radius 2 is 1.59 bits per heavy atom. The molecule has 0 bridgehead atoms. The minimum Gasteiger partial charge on any atom is -0.507 e. The van der Waals surface area contributed by atoms with Gasteiger partial charge in [-0.15, -0.1) is 0 Å². The number of anilines is 1. The second-order valence-electron chi connectivity index (χ2n) is 8.56. The SMILES string of the molecule is COc1c(Cl)cc(/C(O)=C2\C(=O)C(=O)N(c3cccc(C(=O)OC(C)C)c3)C2c2ccccc2)cc1Cl. The molecule has 9 heteroatoms. The number of ether oxygens (including phenoxy) is 2. The molecule has 7 nitrogen and oxygen atoms in total. The molecule has 3 aromatic carbocycles. The molecule has 0 saturated carbocycles. The molecular formula is C28H23Cl2NO6. The van der Waals surface area contributed by atoms with Gasteiger partial charge in [-0.25, -0.2) is 4.79 Å². The highest BCUT2D eigenvalue weighted by Crippen LogP contribution is 2.44. The molecule has 1 amide bonds. The Kier molecular flexibility index (Phi) is 7.57. The van der Waals surface area contributed by atoms with Crippen LogP contribution in [0.5, 0.6) is 5.75 Å². The number of methoxy groups -OCH3 is 1.